The minimum Gasteiger partial charge on any atom is -0.379 e. The van der Waals surface area contributed by atoms with Crippen LogP contribution in [0, 0.1) is 13.8 Å². The molecular formula is C32H34ClN5O3. The monoisotopic (exact) mass is 571 g/mol. The Kier molecular flexibility index (Phi) is 9.14. The van der Waals surface area contributed by atoms with Crippen LogP contribution in [0.4, 0.5) is 5.95 Å². The number of imidazole rings is 1. The number of halogens is 1. The molecule has 1 aliphatic rings. The number of morpholine rings is 1. The third-order valence-corrected chi connectivity index (χ3v) is 7.55. The normalized spacial score (nSPS) is 13.6. The van der Waals surface area contributed by atoms with Gasteiger partial charge in [0.1, 0.15) is 6.54 Å². The van der Waals surface area contributed by atoms with Crippen molar-refractivity contribution in [1.29, 1.82) is 0 Å². The Hall–Kier alpha value is -3.98. The van der Waals surface area contributed by atoms with Gasteiger partial charge in [0, 0.05) is 54.2 Å². The van der Waals surface area contributed by atoms with Gasteiger partial charge in [-0.15, -0.1) is 0 Å². The molecule has 212 valence electrons. The Balaban J connectivity index is 1.39. The van der Waals surface area contributed by atoms with E-state index in [0.29, 0.717) is 42.8 Å². The lowest BCUT2D eigenvalue weighted by Gasteiger charge is -2.30. The van der Waals surface area contributed by atoms with E-state index in [1.807, 2.05) is 47.2 Å². The molecule has 1 N–H and O–H groups in total. The standard InChI is InChI=1S/C32H34ClN5O3/c1-23-8-13-28(20-24(23)2)38-21-29(25-6-4-3-5-7-25)34-32(38)35-30(39)22-37(15-14-36-16-18-41-19-17-36)31(40)26-9-11-27(33)12-10-26/h3-13,20-21H,14-19,22H2,1-2H3,(H,34,35,39). The molecule has 41 heavy (non-hydrogen) atoms. The van der Waals surface area contributed by atoms with Gasteiger partial charge in [-0.05, 0) is 61.4 Å². The molecule has 5 rings (SSSR count). The highest BCUT2D eigenvalue weighted by Gasteiger charge is 2.22. The molecule has 4 aromatic rings. The van der Waals surface area contributed by atoms with Crippen molar-refractivity contribution in [2.45, 2.75) is 13.8 Å². The molecule has 0 saturated carbocycles. The molecule has 3 aromatic carbocycles. The number of anilines is 1. The number of hydrogen-bond acceptors (Lipinski definition) is 5. The zero-order chi connectivity index (χ0) is 28.8. The van der Waals surface area contributed by atoms with Gasteiger partial charge in [0.25, 0.3) is 5.91 Å². The van der Waals surface area contributed by atoms with Gasteiger partial charge in [-0.25, -0.2) is 4.98 Å². The topological polar surface area (TPSA) is 79.7 Å². The highest BCUT2D eigenvalue weighted by Crippen LogP contribution is 2.25. The Bertz CT molecular complexity index is 1500. The smallest absolute Gasteiger partial charge is 0.254 e. The molecule has 1 aliphatic heterocycles. The number of benzene rings is 3. The Morgan fingerprint density at radius 1 is 0.976 bits per heavy atom. The third-order valence-electron chi connectivity index (χ3n) is 7.30. The number of hydrogen-bond donors (Lipinski definition) is 1. The second-order valence-corrected chi connectivity index (χ2v) is 10.6. The molecule has 0 unspecified atom stereocenters. The third kappa shape index (κ3) is 7.21. The summed E-state index contributed by atoms with van der Waals surface area (Å²) in [4.78, 5) is 35.6. The molecular weight excluding hydrogens is 538 g/mol. The largest absolute Gasteiger partial charge is 0.379 e. The second kappa shape index (κ2) is 13.1. The molecule has 1 fully saturated rings. The maximum atomic E-state index is 13.5. The van der Waals surface area contributed by atoms with Crippen LogP contribution in [0.2, 0.25) is 5.02 Å². The summed E-state index contributed by atoms with van der Waals surface area (Å²) < 4.78 is 7.33. The van der Waals surface area contributed by atoms with E-state index in [-0.39, 0.29) is 18.4 Å². The highest BCUT2D eigenvalue weighted by atomic mass is 35.5. The first kappa shape index (κ1) is 28.5. The summed E-state index contributed by atoms with van der Waals surface area (Å²) in [6.07, 6.45) is 1.92. The number of aromatic nitrogens is 2. The van der Waals surface area contributed by atoms with Crippen LogP contribution in [-0.4, -0.2) is 77.1 Å². The van der Waals surface area contributed by atoms with E-state index < -0.39 is 0 Å². The Morgan fingerprint density at radius 3 is 2.41 bits per heavy atom. The van der Waals surface area contributed by atoms with Gasteiger partial charge < -0.3 is 9.64 Å². The van der Waals surface area contributed by atoms with Crippen molar-refractivity contribution in [3.05, 3.63) is 101 Å². The van der Waals surface area contributed by atoms with Crippen LogP contribution in [-0.2, 0) is 9.53 Å². The summed E-state index contributed by atoms with van der Waals surface area (Å²) in [5.74, 6) is -0.165. The predicted octanol–water partition coefficient (Wildman–Crippen LogP) is 5.22. The van der Waals surface area contributed by atoms with Crippen LogP contribution < -0.4 is 5.32 Å². The van der Waals surface area contributed by atoms with E-state index in [9.17, 15) is 9.59 Å². The maximum absolute atomic E-state index is 13.5. The number of ether oxygens (including phenoxy) is 1. The summed E-state index contributed by atoms with van der Waals surface area (Å²) in [6, 6.07) is 22.7. The van der Waals surface area contributed by atoms with E-state index in [2.05, 4.69) is 36.2 Å². The summed E-state index contributed by atoms with van der Waals surface area (Å²) in [7, 11) is 0. The summed E-state index contributed by atoms with van der Waals surface area (Å²) in [6.45, 7) is 7.96. The molecule has 2 amide bonds. The molecule has 1 saturated heterocycles. The number of rotatable bonds is 9. The van der Waals surface area contributed by atoms with Crippen molar-refractivity contribution >= 4 is 29.4 Å². The van der Waals surface area contributed by atoms with Crippen molar-refractivity contribution in [1.82, 2.24) is 19.4 Å². The van der Waals surface area contributed by atoms with Crippen LogP contribution in [0.5, 0.6) is 0 Å². The SMILES string of the molecule is Cc1ccc(-n2cc(-c3ccccc3)nc2NC(=O)CN(CCN2CCOCC2)C(=O)c2ccc(Cl)cc2)cc1C. The van der Waals surface area contributed by atoms with Gasteiger partial charge in [-0.3, -0.25) is 24.4 Å². The number of aryl methyl sites for hydroxylation is 2. The maximum Gasteiger partial charge on any atom is 0.254 e. The van der Waals surface area contributed by atoms with Crippen molar-refractivity contribution in [3.8, 4) is 16.9 Å². The van der Waals surface area contributed by atoms with Crippen molar-refractivity contribution in [2.75, 3.05) is 51.3 Å². The van der Waals surface area contributed by atoms with Gasteiger partial charge in [0.15, 0.2) is 0 Å². The van der Waals surface area contributed by atoms with Gasteiger partial charge in [0.05, 0.1) is 18.9 Å². The average Bonchev–Trinajstić information content (AvgIpc) is 3.41. The number of amides is 2. The second-order valence-electron chi connectivity index (χ2n) is 10.2. The first-order valence-electron chi connectivity index (χ1n) is 13.7. The molecule has 2 heterocycles. The van der Waals surface area contributed by atoms with Crippen molar-refractivity contribution in [3.63, 3.8) is 0 Å². The quantitative estimate of drug-likeness (QED) is 0.298. The van der Waals surface area contributed by atoms with Gasteiger partial charge in [-0.1, -0.05) is 48.0 Å². The number of nitrogens with zero attached hydrogens (tertiary/aromatic N) is 4. The number of nitrogens with one attached hydrogen (secondary N) is 1. The fourth-order valence-corrected chi connectivity index (χ4v) is 4.87. The zero-order valence-corrected chi connectivity index (χ0v) is 24.1. The molecule has 1 aromatic heterocycles. The molecule has 8 nitrogen and oxygen atoms in total. The summed E-state index contributed by atoms with van der Waals surface area (Å²) >= 11 is 6.05. The van der Waals surface area contributed by atoms with Gasteiger partial charge in [0.2, 0.25) is 11.9 Å². The van der Waals surface area contributed by atoms with Gasteiger partial charge in [-0.2, -0.15) is 0 Å². The molecule has 0 spiro atoms. The van der Waals surface area contributed by atoms with Crippen LogP contribution in [0.1, 0.15) is 21.5 Å². The highest BCUT2D eigenvalue weighted by molar-refractivity contribution is 6.30. The predicted molar refractivity (Wildman–Crippen MR) is 162 cm³/mol. The van der Waals surface area contributed by atoms with Crippen LogP contribution in [0.3, 0.4) is 0 Å². The molecule has 9 heteroatoms. The Morgan fingerprint density at radius 2 is 1.71 bits per heavy atom. The van der Waals surface area contributed by atoms with Gasteiger partial charge >= 0.3 is 0 Å². The minimum atomic E-state index is -0.329. The lowest BCUT2D eigenvalue weighted by atomic mass is 10.1. The number of carbonyl (C=O) groups is 2. The minimum absolute atomic E-state index is 0.119. The van der Waals surface area contributed by atoms with E-state index in [0.717, 1.165) is 35.6 Å². The van der Waals surface area contributed by atoms with E-state index >= 15 is 0 Å². The van der Waals surface area contributed by atoms with Crippen LogP contribution >= 0.6 is 11.6 Å². The molecule has 0 radical (unpaired) electrons. The van der Waals surface area contributed by atoms with Crippen LogP contribution in [0.25, 0.3) is 16.9 Å². The fraction of sp³-hybridized carbons (Fsp3) is 0.281. The molecule has 0 aliphatic carbocycles. The zero-order valence-electron chi connectivity index (χ0n) is 23.3. The summed E-state index contributed by atoms with van der Waals surface area (Å²) in [5, 5.41) is 3.53. The van der Waals surface area contributed by atoms with Crippen molar-refractivity contribution in [2.24, 2.45) is 0 Å². The average molecular weight is 572 g/mol. The first-order chi connectivity index (χ1) is 19.9. The van der Waals surface area contributed by atoms with E-state index in [4.69, 9.17) is 21.3 Å². The van der Waals surface area contributed by atoms with Crippen molar-refractivity contribution < 1.29 is 14.3 Å². The fourth-order valence-electron chi connectivity index (χ4n) is 4.74. The lowest BCUT2D eigenvalue weighted by molar-refractivity contribution is -0.117. The van der Waals surface area contributed by atoms with Crippen LogP contribution in [0.15, 0.2) is 79.0 Å². The number of carbonyl (C=O) groups excluding carboxylic acids is 2. The molecule has 0 bridgehead atoms. The van der Waals surface area contributed by atoms with E-state index in [1.54, 1.807) is 29.2 Å². The molecule has 0 atom stereocenters. The van der Waals surface area contributed by atoms with E-state index in [1.165, 1.54) is 5.56 Å². The summed E-state index contributed by atoms with van der Waals surface area (Å²) in [5.41, 5.74) is 5.36. The lowest BCUT2D eigenvalue weighted by Crippen LogP contribution is -2.45. The first-order valence-corrected chi connectivity index (χ1v) is 14.1. The Labute approximate surface area is 245 Å².